The molecule has 0 aliphatic carbocycles. The lowest BCUT2D eigenvalue weighted by molar-refractivity contribution is 0.0697. The normalized spacial score (nSPS) is 10.6. The number of pyridine rings is 1. The Morgan fingerprint density at radius 3 is 2.69 bits per heavy atom. The molecule has 0 radical (unpaired) electrons. The van der Waals surface area contributed by atoms with E-state index < -0.39 is 11.5 Å². The third-order valence-corrected chi connectivity index (χ3v) is 2.34. The molecule has 0 atom stereocenters. The van der Waals surface area contributed by atoms with Crippen molar-refractivity contribution in [3.63, 3.8) is 0 Å². The molecule has 0 saturated heterocycles. The fourth-order valence-corrected chi connectivity index (χ4v) is 1.50. The monoisotopic (exact) mass is 219 g/mol. The van der Waals surface area contributed by atoms with Crippen LogP contribution in [0.5, 0.6) is 0 Å². The Morgan fingerprint density at radius 1 is 1.31 bits per heavy atom. The number of aromatic carboxylic acids is 1. The number of rotatable bonds is 2. The molecule has 0 bridgehead atoms. The standard InChI is InChI=1S/C11H9NO4/c13-5-8-3-6-1-2-7(11(15)16)4-9(6)12-10(8)14/h1-4,13H,5H2,(H,12,14)(H,15,16). The number of H-pyrrole nitrogens is 1. The summed E-state index contributed by atoms with van der Waals surface area (Å²) in [6, 6.07) is 5.97. The minimum absolute atomic E-state index is 0.111. The highest BCUT2D eigenvalue weighted by atomic mass is 16.4. The van der Waals surface area contributed by atoms with Gasteiger partial charge in [-0.2, -0.15) is 0 Å². The largest absolute Gasteiger partial charge is 0.478 e. The highest BCUT2D eigenvalue weighted by molar-refractivity contribution is 5.93. The van der Waals surface area contributed by atoms with Gasteiger partial charge in [-0.3, -0.25) is 4.79 Å². The molecule has 1 aromatic heterocycles. The van der Waals surface area contributed by atoms with E-state index in [0.717, 1.165) is 0 Å². The SMILES string of the molecule is O=C(O)c1ccc2cc(CO)c(=O)[nH]c2c1. The average molecular weight is 219 g/mol. The minimum Gasteiger partial charge on any atom is -0.478 e. The molecular weight excluding hydrogens is 210 g/mol. The lowest BCUT2D eigenvalue weighted by Crippen LogP contribution is -2.12. The molecule has 0 aliphatic rings. The fourth-order valence-electron chi connectivity index (χ4n) is 1.50. The van der Waals surface area contributed by atoms with Crippen LogP contribution in [0.15, 0.2) is 29.1 Å². The number of carbonyl (C=O) groups is 1. The summed E-state index contributed by atoms with van der Waals surface area (Å²) >= 11 is 0. The molecule has 0 aliphatic heterocycles. The average Bonchev–Trinajstić information content (AvgIpc) is 2.27. The summed E-state index contributed by atoms with van der Waals surface area (Å²) < 4.78 is 0. The lowest BCUT2D eigenvalue weighted by atomic mass is 10.1. The summed E-state index contributed by atoms with van der Waals surface area (Å²) in [6.45, 7) is -0.341. The van der Waals surface area contributed by atoms with Gasteiger partial charge in [0.05, 0.1) is 12.2 Å². The van der Waals surface area contributed by atoms with E-state index in [2.05, 4.69) is 4.98 Å². The van der Waals surface area contributed by atoms with E-state index in [1.54, 1.807) is 12.1 Å². The Balaban J connectivity index is 2.72. The van der Waals surface area contributed by atoms with Crippen molar-refractivity contribution in [1.82, 2.24) is 4.98 Å². The molecule has 0 saturated carbocycles. The van der Waals surface area contributed by atoms with Gasteiger partial charge < -0.3 is 15.2 Å². The first-order valence-corrected chi connectivity index (χ1v) is 4.62. The highest BCUT2D eigenvalue weighted by Gasteiger charge is 2.06. The molecule has 0 unspecified atom stereocenters. The zero-order chi connectivity index (χ0) is 11.7. The number of hydrogen-bond acceptors (Lipinski definition) is 3. The second-order valence-electron chi connectivity index (χ2n) is 3.39. The van der Waals surface area contributed by atoms with Gasteiger partial charge in [-0.15, -0.1) is 0 Å². The number of nitrogens with one attached hydrogen (secondary N) is 1. The summed E-state index contributed by atoms with van der Waals surface area (Å²) in [5, 5.41) is 18.4. The van der Waals surface area contributed by atoms with Crippen molar-refractivity contribution in [2.24, 2.45) is 0 Å². The number of aromatic amines is 1. The molecule has 82 valence electrons. The van der Waals surface area contributed by atoms with Crippen LogP contribution in [0.1, 0.15) is 15.9 Å². The number of fused-ring (bicyclic) bond motifs is 1. The Kier molecular flexibility index (Phi) is 2.46. The maximum Gasteiger partial charge on any atom is 0.335 e. The summed E-state index contributed by atoms with van der Waals surface area (Å²) in [4.78, 5) is 24.6. The van der Waals surface area contributed by atoms with Crippen LogP contribution < -0.4 is 5.56 Å². The second kappa shape index (κ2) is 3.79. The molecule has 0 spiro atoms. The van der Waals surface area contributed by atoms with E-state index in [1.165, 1.54) is 12.1 Å². The lowest BCUT2D eigenvalue weighted by Gasteiger charge is -2.01. The first kappa shape index (κ1) is 10.4. The highest BCUT2D eigenvalue weighted by Crippen LogP contribution is 2.13. The van der Waals surface area contributed by atoms with Gasteiger partial charge in [0, 0.05) is 11.1 Å². The van der Waals surface area contributed by atoms with Gasteiger partial charge in [-0.05, 0) is 23.6 Å². The van der Waals surface area contributed by atoms with E-state index in [9.17, 15) is 9.59 Å². The van der Waals surface area contributed by atoms with Gasteiger partial charge in [0.15, 0.2) is 0 Å². The van der Waals surface area contributed by atoms with Crippen molar-refractivity contribution in [3.05, 3.63) is 45.7 Å². The zero-order valence-electron chi connectivity index (χ0n) is 8.23. The first-order chi connectivity index (χ1) is 7.61. The number of carboxylic acids is 1. The van der Waals surface area contributed by atoms with Crippen molar-refractivity contribution in [2.75, 3.05) is 0 Å². The Bertz CT molecular complexity index is 615. The van der Waals surface area contributed by atoms with Gasteiger partial charge in [0.1, 0.15) is 0 Å². The number of aliphatic hydroxyl groups excluding tert-OH is 1. The molecule has 2 rings (SSSR count). The summed E-state index contributed by atoms with van der Waals surface area (Å²) in [5.74, 6) is -1.05. The van der Waals surface area contributed by atoms with Crippen LogP contribution in [0.3, 0.4) is 0 Å². The topological polar surface area (TPSA) is 90.4 Å². The number of benzene rings is 1. The predicted molar refractivity (Wildman–Crippen MR) is 57.5 cm³/mol. The number of hydrogen-bond donors (Lipinski definition) is 3. The second-order valence-corrected chi connectivity index (χ2v) is 3.39. The molecule has 0 amide bonds. The van der Waals surface area contributed by atoms with Crippen LogP contribution >= 0.6 is 0 Å². The van der Waals surface area contributed by atoms with Crippen LogP contribution in [0.25, 0.3) is 10.9 Å². The van der Waals surface area contributed by atoms with Gasteiger partial charge in [-0.1, -0.05) is 6.07 Å². The van der Waals surface area contributed by atoms with Crippen molar-refractivity contribution >= 4 is 16.9 Å². The number of aliphatic hydroxyl groups is 1. The molecule has 16 heavy (non-hydrogen) atoms. The minimum atomic E-state index is -1.05. The fraction of sp³-hybridized carbons (Fsp3) is 0.0909. The van der Waals surface area contributed by atoms with E-state index in [4.69, 9.17) is 10.2 Å². The van der Waals surface area contributed by atoms with Crippen molar-refractivity contribution in [1.29, 1.82) is 0 Å². The van der Waals surface area contributed by atoms with Crippen LogP contribution in [0, 0.1) is 0 Å². The number of aromatic nitrogens is 1. The van der Waals surface area contributed by atoms with Crippen molar-refractivity contribution in [3.8, 4) is 0 Å². The van der Waals surface area contributed by atoms with E-state index in [-0.39, 0.29) is 17.7 Å². The summed E-state index contributed by atoms with van der Waals surface area (Å²) in [7, 11) is 0. The summed E-state index contributed by atoms with van der Waals surface area (Å²) in [5.41, 5.74) is 0.412. The molecule has 1 heterocycles. The molecule has 5 heteroatoms. The maximum atomic E-state index is 11.4. The van der Waals surface area contributed by atoms with Crippen molar-refractivity contribution in [2.45, 2.75) is 6.61 Å². The third kappa shape index (κ3) is 1.68. The van der Waals surface area contributed by atoms with Gasteiger partial charge in [-0.25, -0.2) is 4.79 Å². The quantitative estimate of drug-likeness (QED) is 0.694. The smallest absolute Gasteiger partial charge is 0.335 e. The zero-order valence-corrected chi connectivity index (χ0v) is 8.23. The Morgan fingerprint density at radius 2 is 2.06 bits per heavy atom. The Hall–Kier alpha value is -2.14. The maximum absolute atomic E-state index is 11.4. The number of carboxylic acid groups (broad SMARTS) is 1. The Labute approximate surface area is 90.0 Å². The molecule has 1 aromatic carbocycles. The van der Waals surface area contributed by atoms with Crippen LogP contribution in [0.2, 0.25) is 0 Å². The van der Waals surface area contributed by atoms with Crippen molar-refractivity contribution < 1.29 is 15.0 Å². The molecule has 0 fully saturated rings. The van der Waals surface area contributed by atoms with E-state index >= 15 is 0 Å². The van der Waals surface area contributed by atoms with E-state index in [0.29, 0.717) is 10.9 Å². The van der Waals surface area contributed by atoms with Crippen LogP contribution in [-0.4, -0.2) is 21.2 Å². The predicted octanol–water partition coefficient (Wildman–Crippen LogP) is 0.719. The molecule has 2 aromatic rings. The van der Waals surface area contributed by atoms with Crippen LogP contribution in [0.4, 0.5) is 0 Å². The summed E-state index contributed by atoms with van der Waals surface area (Å²) in [6.07, 6.45) is 0. The molecular formula is C11H9NO4. The van der Waals surface area contributed by atoms with Gasteiger partial charge in [0.25, 0.3) is 5.56 Å². The first-order valence-electron chi connectivity index (χ1n) is 4.62. The third-order valence-electron chi connectivity index (χ3n) is 2.34. The molecule has 5 nitrogen and oxygen atoms in total. The molecule has 3 N–H and O–H groups in total. The van der Waals surface area contributed by atoms with Gasteiger partial charge >= 0.3 is 5.97 Å². The van der Waals surface area contributed by atoms with Crippen LogP contribution in [-0.2, 0) is 6.61 Å². The van der Waals surface area contributed by atoms with Gasteiger partial charge in [0.2, 0.25) is 0 Å². The van der Waals surface area contributed by atoms with E-state index in [1.807, 2.05) is 0 Å².